The molecule has 1 N–H and O–H groups in total. The van der Waals surface area contributed by atoms with Gasteiger partial charge in [0.25, 0.3) is 5.91 Å². The second kappa shape index (κ2) is 10.4. The van der Waals surface area contributed by atoms with E-state index in [2.05, 4.69) is 22.3 Å². The van der Waals surface area contributed by atoms with E-state index in [4.69, 9.17) is 4.99 Å². The lowest BCUT2D eigenvalue weighted by Gasteiger charge is -2.17. The molecule has 0 atom stereocenters. The number of aliphatic imine (C=N–C) groups is 1. The quantitative estimate of drug-likeness (QED) is 0.322. The van der Waals surface area contributed by atoms with Crippen LogP contribution < -0.4 is 10.2 Å². The summed E-state index contributed by atoms with van der Waals surface area (Å²) >= 11 is 1.38. The SMILES string of the molecule is CCNc1ccc(C(C)=O)cc1N=C1SC(=CN2CCc3ccccc32)C(=O)N1Cc1ccccc1. The van der Waals surface area contributed by atoms with Crippen LogP contribution in [0.5, 0.6) is 0 Å². The van der Waals surface area contributed by atoms with Crippen LogP contribution in [0.3, 0.4) is 0 Å². The molecule has 7 heteroatoms. The lowest BCUT2D eigenvalue weighted by atomic mass is 10.1. The fraction of sp³-hybridized carbons (Fsp3) is 0.207. The maximum absolute atomic E-state index is 13.7. The van der Waals surface area contributed by atoms with Gasteiger partial charge in [0, 0.05) is 30.5 Å². The Morgan fingerprint density at radius 1 is 1.08 bits per heavy atom. The molecule has 1 fully saturated rings. The summed E-state index contributed by atoms with van der Waals surface area (Å²) < 4.78 is 0. The van der Waals surface area contributed by atoms with Crippen molar-refractivity contribution in [3.05, 3.63) is 101 Å². The van der Waals surface area contributed by atoms with Gasteiger partial charge < -0.3 is 10.2 Å². The van der Waals surface area contributed by atoms with E-state index < -0.39 is 0 Å². The minimum Gasteiger partial charge on any atom is -0.384 e. The van der Waals surface area contributed by atoms with Crippen LogP contribution in [-0.2, 0) is 17.8 Å². The number of Topliss-reactive ketones (excluding diaryl/α,β-unsaturated/α-hetero) is 1. The average molecular weight is 497 g/mol. The molecule has 0 aromatic heterocycles. The number of nitrogens with zero attached hydrogens (tertiary/aromatic N) is 3. The molecule has 0 radical (unpaired) electrons. The predicted octanol–water partition coefficient (Wildman–Crippen LogP) is 5.99. The third kappa shape index (κ3) is 4.93. The highest BCUT2D eigenvalue weighted by Crippen LogP contribution is 2.38. The fourth-order valence-corrected chi connectivity index (χ4v) is 5.39. The summed E-state index contributed by atoms with van der Waals surface area (Å²) in [5, 5.41) is 3.92. The first-order chi connectivity index (χ1) is 17.5. The summed E-state index contributed by atoms with van der Waals surface area (Å²) in [6, 6.07) is 23.7. The van der Waals surface area contributed by atoms with Gasteiger partial charge in [-0.15, -0.1) is 0 Å². The number of anilines is 2. The molecule has 2 aliphatic heterocycles. The van der Waals surface area contributed by atoms with Crippen LogP contribution in [0.1, 0.15) is 35.3 Å². The lowest BCUT2D eigenvalue weighted by molar-refractivity contribution is -0.122. The number of amidine groups is 1. The monoisotopic (exact) mass is 496 g/mol. The second-order valence-corrected chi connectivity index (χ2v) is 9.77. The molecule has 0 unspecified atom stereocenters. The molecule has 3 aromatic rings. The summed E-state index contributed by atoms with van der Waals surface area (Å²) in [7, 11) is 0. The van der Waals surface area contributed by atoms with Gasteiger partial charge in [0.15, 0.2) is 11.0 Å². The molecular weight excluding hydrogens is 468 g/mol. The number of benzene rings is 3. The number of hydrogen-bond donors (Lipinski definition) is 1. The van der Waals surface area contributed by atoms with Crippen LogP contribution in [0.4, 0.5) is 17.1 Å². The van der Waals surface area contributed by atoms with Crippen molar-refractivity contribution in [1.82, 2.24) is 4.90 Å². The molecule has 182 valence electrons. The number of hydrogen-bond acceptors (Lipinski definition) is 6. The van der Waals surface area contributed by atoms with Crippen molar-refractivity contribution in [1.29, 1.82) is 0 Å². The molecule has 3 aromatic carbocycles. The van der Waals surface area contributed by atoms with E-state index in [0.29, 0.717) is 27.9 Å². The summed E-state index contributed by atoms with van der Waals surface area (Å²) in [6.45, 7) is 5.54. The highest BCUT2D eigenvalue weighted by molar-refractivity contribution is 8.18. The largest absolute Gasteiger partial charge is 0.384 e. The molecule has 0 aliphatic carbocycles. The zero-order valence-electron chi connectivity index (χ0n) is 20.4. The smallest absolute Gasteiger partial charge is 0.268 e. The zero-order chi connectivity index (χ0) is 25.1. The molecule has 0 saturated carbocycles. The van der Waals surface area contributed by atoms with Crippen LogP contribution in [0.15, 0.2) is 88.9 Å². The summed E-state index contributed by atoms with van der Waals surface area (Å²) in [4.78, 5) is 35.1. The van der Waals surface area contributed by atoms with Crippen LogP contribution >= 0.6 is 11.8 Å². The number of carbonyl (C=O) groups excluding carboxylic acids is 2. The van der Waals surface area contributed by atoms with E-state index in [9.17, 15) is 9.59 Å². The van der Waals surface area contributed by atoms with E-state index in [0.717, 1.165) is 36.4 Å². The predicted molar refractivity (Wildman–Crippen MR) is 148 cm³/mol. The third-order valence-electron chi connectivity index (χ3n) is 6.26. The molecular formula is C29H28N4O2S. The summed E-state index contributed by atoms with van der Waals surface area (Å²) in [5.74, 6) is -0.0937. The number of nitrogens with one attached hydrogen (secondary N) is 1. The van der Waals surface area contributed by atoms with Crippen molar-refractivity contribution >= 4 is 45.7 Å². The molecule has 0 spiro atoms. The highest BCUT2D eigenvalue weighted by atomic mass is 32.2. The van der Waals surface area contributed by atoms with Gasteiger partial charge in [-0.3, -0.25) is 14.5 Å². The van der Waals surface area contributed by atoms with Crippen molar-refractivity contribution < 1.29 is 9.59 Å². The normalized spacial score (nSPS) is 17.2. The Bertz CT molecular complexity index is 1370. The molecule has 2 aliphatic rings. The van der Waals surface area contributed by atoms with Gasteiger partial charge >= 0.3 is 0 Å². The Hall–Kier alpha value is -3.84. The molecule has 6 nitrogen and oxygen atoms in total. The van der Waals surface area contributed by atoms with Gasteiger partial charge in [-0.1, -0.05) is 48.5 Å². The lowest BCUT2D eigenvalue weighted by Crippen LogP contribution is -2.29. The molecule has 36 heavy (non-hydrogen) atoms. The van der Waals surface area contributed by atoms with Crippen LogP contribution in [0.2, 0.25) is 0 Å². The van der Waals surface area contributed by atoms with Crippen LogP contribution in [-0.4, -0.2) is 34.8 Å². The summed E-state index contributed by atoms with van der Waals surface area (Å²) in [6.07, 6.45) is 2.91. The Morgan fingerprint density at radius 2 is 1.86 bits per heavy atom. The Labute approximate surface area is 215 Å². The Kier molecular flexibility index (Phi) is 6.91. The van der Waals surface area contributed by atoms with E-state index in [1.165, 1.54) is 17.3 Å². The minimum atomic E-state index is -0.0697. The zero-order valence-corrected chi connectivity index (χ0v) is 21.2. The van der Waals surface area contributed by atoms with Crippen molar-refractivity contribution in [3.8, 4) is 0 Å². The maximum atomic E-state index is 13.7. The van der Waals surface area contributed by atoms with Gasteiger partial charge in [-0.2, -0.15) is 0 Å². The van der Waals surface area contributed by atoms with Gasteiger partial charge in [0.05, 0.1) is 22.8 Å². The first-order valence-electron chi connectivity index (χ1n) is 12.1. The first kappa shape index (κ1) is 23.9. The Balaban J connectivity index is 1.54. The number of fused-ring (bicyclic) bond motifs is 1. The van der Waals surface area contributed by atoms with E-state index >= 15 is 0 Å². The van der Waals surface area contributed by atoms with Crippen LogP contribution in [0.25, 0.3) is 0 Å². The first-order valence-corrected chi connectivity index (χ1v) is 12.9. The van der Waals surface area contributed by atoms with E-state index in [1.54, 1.807) is 24.0 Å². The van der Waals surface area contributed by atoms with E-state index in [-0.39, 0.29) is 11.7 Å². The van der Waals surface area contributed by atoms with Crippen molar-refractivity contribution in [2.75, 3.05) is 23.3 Å². The third-order valence-corrected chi connectivity index (χ3v) is 7.25. The Morgan fingerprint density at radius 3 is 2.64 bits per heavy atom. The molecule has 5 rings (SSSR count). The minimum absolute atomic E-state index is 0.0240. The van der Waals surface area contributed by atoms with Crippen molar-refractivity contribution in [2.45, 2.75) is 26.8 Å². The standard InChI is InChI=1S/C29H28N4O2S/c1-3-30-24-14-13-23(20(2)34)17-25(24)31-29-33(18-21-9-5-4-6-10-21)28(35)27(36-29)19-32-16-15-22-11-7-8-12-26(22)32/h4-14,17,19,30H,3,15-16,18H2,1-2H3. The van der Waals surface area contributed by atoms with Gasteiger partial charge in [0.2, 0.25) is 0 Å². The number of ketones is 1. The average Bonchev–Trinajstić information content (AvgIpc) is 3.42. The van der Waals surface area contributed by atoms with Crippen LogP contribution in [0, 0.1) is 0 Å². The fourth-order valence-electron chi connectivity index (χ4n) is 4.41. The number of thioether (sulfide) groups is 1. The highest BCUT2D eigenvalue weighted by Gasteiger charge is 2.35. The number of rotatable bonds is 7. The molecule has 1 amide bonds. The number of para-hydroxylation sites is 1. The second-order valence-electron chi connectivity index (χ2n) is 8.76. The number of carbonyl (C=O) groups is 2. The topological polar surface area (TPSA) is 65.0 Å². The molecule has 2 heterocycles. The van der Waals surface area contributed by atoms with Crippen molar-refractivity contribution in [2.24, 2.45) is 4.99 Å². The van der Waals surface area contributed by atoms with Gasteiger partial charge in [-0.25, -0.2) is 4.99 Å². The van der Waals surface area contributed by atoms with Gasteiger partial charge in [0.1, 0.15) is 0 Å². The maximum Gasteiger partial charge on any atom is 0.268 e. The van der Waals surface area contributed by atoms with Gasteiger partial charge in [-0.05, 0) is 67.4 Å². The number of amides is 1. The summed E-state index contributed by atoms with van der Waals surface area (Å²) in [5.41, 5.74) is 5.51. The van der Waals surface area contributed by atoms with E-state index in [1.807, 2.05) is 61.7 Å². The molecule has 1 saturated heterocycles. The molecule has 0 bridgehead atoms. The van der Waals surface area contributed by atoms with Crippen molar-refractivity contribution in [3.63, 3.8) is 0 Å².